The highest BCUT2D eigenvalue weighted by molar-refractivity contribution is 5.85. The van der Waals surface area contributed by atoms with Gasteiger partial charge in [-0.05, 0) is 56.9 Å². The van der Waals surface area contributed by atoms with E-state index in [0.29, 0.717) is 30.0 Å². The van der Waals surface area contributed by atoms with Gasteiger partial charge in [0.2, 0.25) is 5.91 Å². The minimum atomic E-state index is 0. The van der Waals surface area contributed by atoms with Gasteiger partial charge in [0.15, 0.2) is 0 Å². The molecular weight excluding hydrogens is 320 g/mol. The number of fused-ring (bicyclic) bond motifs is 2. The molecule has 1 N–H and O–H groups in total. The number of piperidine rings is 1. The molecule has 1 aromatic carbocycles. The number of benzene rings is 1. The van der Waals surface area contributed by atoms with Crippen molar-refractivity contribution in [2.75, 3.05) is 0 Å². The van der Waals surface area contributed by atoms with E-state index in [1.807, 2.05) is 0 Å². The zero-order valence-corrected chi connectivity index (χ0v) is 15.4. The Hall–Kier alpha value is -1.06. The van der Waals surface area contributed by atoms with Gasteiger partial charge in [0, 0.05) is 31.1 Å². The van der Waals surface area contributed by atoms with Gasteiger partial charge in [0.05, 0.1) is 0 Å². The quantitative estimate of drug-likeness (QED) is 0.877. The predicted molar refractivity (Wildman–Crippen MR) is 99.3 cm³/mol. The van der Waals surface area contributed by atoms with Gasteiger partial charge in [-0.25, -0.2) is 0 Å². The Bertz CT molecular complexity index is 558. The van der Waals surface area contributed by atoms with E-state index in [-0.39, 0.29) is 12.4 Å². The van der Waals surface area contributed by atoms with Crippen molar-refractivity contribution in [2.24, 2.45) is 5.92 Å². The average Bonchev–Trinajstić information content (AvgIpc) is 3.31. The Morgan fingerprint density at radius 2 is 1.71 bits per heavy atom. The van der Waals surface area contributed by atoms with Crippen LogP contribution < -0.4 is 5.32 Å². The molecule has 2 bridgehead atoms. The van der Waals surface area contributed by atoms with Crippen molar-refractivity contribution in [1.29, 1.82) is 0 Å². The molecule has 2 aliphatic heterocycles. The first-order chi connectivity index (χ1) is 11.2. The average molecular weight is 349 g/mol. The van der Waals surface area contributed by atoms with Crippen LogP contribution >= 0.6 is 12.4 Å². The summed E-state index contributed by atoms with van der Waals surface area (Å²) in [6, 6.07) is 10.5. The third-order valence-corrected chi connectivity index (χ3v) is 5.82. The molecule has 132 valence electrons. The lowest BCUT2D eigenvalue weighted by molar-refractivity contribution is -0.133. The van der Waals surface area contributed by atoms with Crippen LogP contribution in [0.5, 0.6) is 0 Å². The highest BCUT2D eigenvalue weighted by Crippen LogP contribution is 2.35. The molecule has 24 heavy (non-hydrogen) atoms. The highest BCUT2D eigenvalue weighted by atomic mass is 35.5. The SMILES string of the molecule is Cc1ccc(CN(C(=O)CC2CC3CCC(C2)N3)C2CC2)cc1.Cl. The molecule has 4 rings (SSSR count). The van der Waals surface area contributed by atoms with Crippen LogP contribution in [0.25, 0.3) is 0 Å². The Morgan fingerprint density at radius 3 is 2.29 bits per heavy atom. The smallest absolute Gasteiger partial charge is 0.223 e. The Labute approximate surface area is 151 Å². The van der Waals surface area contributed by atoms with Crippen LogP contribution in [-0.4, -0.2) is 28.9 Å². The molecule has 0 aromatic heterocycles. The molecule has 2 unspecified atom stereocenters. The lowest BCUT2D eigenvalue weighted by atomic mass is 9.89. The minimum Gasteiger partial charge on any atom is -0.335 e. The largest absolute Gasteiger partial charge is 0.335 e. The fourth-order valence-corrected chi connectivity index (χ4v) is 4.40. The first-order valence-corrected chi connectivity index (χ1v) is 9.28. The summed E-state index contributed by atoms with van der Waals surface area (Å²) in [4.78, 5) is 15.1. The molecule has 2 atom stereocenters. The maximum absolute atomic E-state index is 12.9. The van der Waals surface area contributed by atoms with E-state index in [2.05, 4.69) is 41.4 Å². The van der Waals surface area contributed by atoms with E-state index < -0.39 is 0 Å². The number of hydrogen-bond acceptors (Lipinski definition) is 2. The van der Waals surface area contributed by atoms with Gasteiger partial charge in [0.1, 0.15) is 0 Å². The number of carbonyl (C=O) groups is 1. The second kappa shape index (κ2) is 7.45. The van der Waals surface area contributed by atoms with Crippen LogP contribution in [0.4, 0.5) is 0 Å². The number of nitrogens with zero attached hydrogens (tertiary/aromatic N) is 1. The van der Waals surface area contributed by atoms with Crippen LogP contribution in [0, 0.1) is 12.8 Å². The normalized spacial score (nSPS) is 28.3. The molecule has 0 spiro atoms. The first kappa shape index (κ1) is 17.8. The number of amides is 1. The molecule has 4 heteroatoms. The maximum Gasteiger partial charge on any atom is 0.223 e. The number of nitrogens with one attached hydrogen (secondary N) is 1. The maximum atomic E-state index is 12.9. The third kappa shape index (κ3) is 4.12. The molecule has 2 heterocycles. The number of aryl methyl sites for hydroxylation is 1. The zero-order chi connectivity index (χ0) is 15.8. The van der Waals surface area contributed by atoms with Gasteiger partial charge in [-0.3, -0.25) is 4.79 Å². The van der Waals surface area contributed by atoms with Crippen LogP contribution in [0.3, 0.4) is 0 Å². The third-order valence-electron chi connectivity index (χ3n) is 5.82. The molecule has 3 fully saturated rings. The summed E-state index contributed by atoms with van der Waals surface area (Å²) in [6.45, 7) is 2.90. The van der Waals surface area contributed by atoms with E-state index in [1.165, 1.54) is 49.7 Å². The molecule has 3 aliphatic rings. The number of hydrogen-bond donors (Lipinski definition) is 1. The fraction of sp³-hybridized carbons (Fsp3) is 0.650. The van der Waals surface area contributed by atoms with Crippen LogP contribution in [-0.2, 0) is 11.3 Å². The van der Waals surface area contributed by atoms with E-state index in [1.54, 1.807) is 0 Å². The van der Waals surface area contributed by atoms with Crippen molar-refractivity contribution in [3.8, 4) is 0 Å². The Balaban J connectivity index is 0.00000169. The van der Waals surface area contributed by atoms with Crippen LogP contribution in [0.15, 0.2) is 24.3 Å². The standard InChI is InChI=1S/C20H28N2O.ClH/c1-14-2-4-15(5-3-14)13-22(19-8-9-19)20(23)12-16-10-17-6-7-18(11-16)21-17;/h2-5,16-19,21H,6-13H2,1H3;1H. The first-order valence-electron chi connectivity index (χ1n) is 9.28. The molecule has 0 radical (unpaired) electrons. The summed E-state index contributed by atoms with van der Waals surface area (Å²) in [7, 11) is 0. The van der Waals surface area contributed by atoms with Gasteiger partial charge in [-0.15, -0.1) is 12.4 Å². The van der Waals surface area contributed by atoms with E-state index >= 15 is 0 Å². The number of carbonyl (C=O) groups excluding carboxylic acids is 1. The Kier molecular flexibility index (Phi) is 5.51. The summed E-state index contributed by atoms with van der Waals surface area (Å²) in [5, 5.41) is 3.68. The highest BCUT2D eigenvalue weighted by Gasteiger charge is 2.37. The molecule has 1 aliphatic carbocycles. The molecule has 1 amide bonds. The second-order valence-corrected chi connectivity index (χ2v) is 7.92. The van der Waals surface area contributed by atoms with E-state index in [9.17, 15) is 4.79 Å². The van der Waals surface area contributed by atoms with Crippen molar-refractivity contribution in [2.45, 2.75) is 76.5 Å². The van der Waals surface area contributed by atoms with E-state index in [0.717, 1.165) is 13.0 Å². The van der Waals surface area contributed by atoms with Crippen LogP contribution in [0.2, 0.25) is 0 Å². The number of rotatable bonds is 5. The van der Waals surface area contributed by atoms with Crippen molar-refractivity contribution >= 4 is 18.3 Å². The minimum absolute atomic E-state index is 0. The van der Waals surface area contributed by atoms with Gasteiger partial charge in [-0.1, -0.05) is 29.8 Å². The van der Waals surface area contributed by atoms with Crippen LogP contribution in [0.1, 0.15) is 56.1 Å². The van der Waals surface area contributed by atoms with Crippen molar-refractivity contribution in [1.82, 2.24) is 10.2 Å². The Morgan fingerprint density at radius 1 is 1.08 bits per heavy atom. The fourth-order valence-electron chi connectivity index (χ4n) is 4.40. The summed E-state index contributed by atoms with van der Waals surface area (Å²) in [6.07, 6.45) is 8.16. The summed E-state index contributed by atoms with van der Waals surface area (Å²) in [5.74, 6) is 0.986. The number of halogens is 1. The molecule has 1 saturated carbocycles. The van der Waals surface area contributed by atoms with Gasteiger partial charge < -0.3 is 10.2 Å². The van der Waals surface area contributed by atoms with E-state index in [4.69, 9.17) is 0 Å². The second-order valence-electron chi connectivity index (χ2n) is 7.92. The topological polar surface area (TPSA) is 32.3 Å². The molecule has 1 aromatic rings. The predicted octanol–water partition coefficient (Wildman–Crippen LogP) is 3.83. The summed E-state index contributed by atoms with van der Waals surface area (Å²) in [5.41, 5.74) is 2.55. The summed E-state index contributed by atoms with van der Waals surface area (Å²) < 4.78 is 0. The lowest BCUT2D eigenvalue weighted by Crippen LogP contribution is -2.40. The molecule has 2 saturated heterocycles. The lowest BCUT2D eigenvalue weighted by Gasteiger charge is -2.31. The summed E-state index contributed by atoms with van der Waals surface area (Å²) >= 11 is 0. The van der Waals surface area contributed by atoms with Gasteiger partial charge >= 0.3 is 0 Å². The molecule has 3 nitrogen and oxygen atoms in total. The van der Waals surface area contributed by atoms with Gasteiger partial charge in [0.25, 0.3) is 0 Å². The van der Waals surface area contributed by atoms with Crippen molar-refractivity contribution < 1.29 is 4.79 Å². The molecular formula is C20H29ClN2O. The van der Waals surface area contributed by atoms with Crippen molar-refractivity contribution in [3.05, 3.63) is 35.4 Å². The monoisotopic (exact) mass is 348 g/mol. The zero-order valence-electron chi connectivity index (χ0n) is 14.5. The van der Waals surface area contributed by atoms with Gasteiger partial charge in [-0.2, -0.15) is 0 Å². The van der Waals surface area contributed by atoms with Crippen molar-refractivity contribution in [3.63, 3.8) is 0 Å².